The molecule has 0 saturated heterocycles. The average Bonchev–Trinajstić information content (AvgIpc) is 2.35. The van der Waals surface area contributed by atoms with Crippen LogP contribution in [0.3, 0.4) is 0 Å². The Bertz CT molecular complexity index is 443. The summed E-state index contributed by atoms with van der Waals surface area (Å²) in [6.45, 7) is 1.58. The monoisotopic (exact) mass is 318 g/mol. The van der Waals surface area contributed by atoms with Crippen LogP contribution in [0.15, 0.2) is 18.2 Å². The maximum atomic E-state index is 11.9. The van der Waals surface area contributed by atoms with E-state index in [1.165, 1.54) is 7.11 Å². The van der Waals surface area contributed by atoms with Gasteiger partial charge in [-0.2, -0.15) is 0 Å². The molecule has 92 valence electrons. The van der Waals surface area contributed by atoms with Crippen LogP contribution in [0.5, 0.6) is 0 Å². The van der Waals surface area contributed by atoms with Gasteiger partial charge in [-0.1, -0.05) is 22.0 Å². The second-order valence-electron chi connectivity index (χ2n) is 3.49. The van der Waals surface area contributed by atoms with Crippen LogP contribution in [0, 0.1) is 0 Å². The summed E-state index contributed by atoms with van der Waals surface area (Å²) in [5.74, 6) is -0.818. The maximum absolute atomic E-state index is 11.9. The van der Waals surface area contributed by atoms with E-state index in [1.807, 2.05) is 0 Å². The zero-order chi connectivity index (χ0) is 13.0. The minimum absolute atomic E-state index is 0.245. The average molecular weight is 320 g/mol. The number of benzene rings is 1. The van der Waals surface area contributed by atoms with Crippen molar-refractivity contribution in [2.45, 2.75) is 17.6 Å². The Morgan fingerprint density at radius 2 is 2.06 bits per heavy atom. The number of hydrogen-bond donors (Lipinski definition) is 0. The van der Waals surface area contributed by atoms with Crippen LogP contribution in [0.1, 0.15) is 33.2 Å². The second kappa shape index (κ2) is 6.17. The molecule has 3 nitrogen and oxygen atoms in total. The van der Waals surface area contributed by atoms with Gasteiger partial charge in [0, 0.05) is 10.9 Å². The van der Waals surface area contributed by atoms with Crippen LogP contribution >= 0.6 is 27.5 Å². The van der Waals surface area contributed by atoms with Gasteiger partial charge in [-0.15, -0.1) is 11.6 Å². The molecular formula is C12H12BrClO3. The summed E-state index contributed by atoms with van der Waals surface area (Å²) < 4.78 is 4.63. The highest BCUT2D eigenvalue weighted by Gasteiger charge is 2.21. The fourth-order valence-corrected chi connectivity index (χ4v) is 1.85. The van der Waals surface area contributed by atoms with Crippen molar-refractivity contribution < 1.29 is 14.3 Å². The normalized spacial score (nSPS) is 12.0. The van der Waals surface area contributed by atoms with Crippen molar-refractivity contribution in [1.29, 1.82) is 0 Å². The van der Waals surface area contributed by atoms with Crippen LogP contribution < -0.4 is 0 Å². The third kappa shape index (κ3) is 3.30. The van der Waals surface area contributed by atoms with Gasteiger partial charge >= 0.3 is 5.97 Å². The van der Waals surface area contributed by atoms with Crippen molar-refractivity contribution in [2.75, 3.05) is 7.11 Å². The molecule has 0 bridgehead atoms. The quantitative estimate of drug-likeness (QED) is 0.486. The molecule has 17 heavy (non-hydrogen) atoms. The second-order valence-corrected chi connectivity index (χ2v) is 4.70. The van der Waals surface area contributed by atoms with Crippen LogP contribution in [0.2, 0.25) is 0 Å². The van der Waals surface area contributed by atoms with Crippen LogP contribution in [0.25, 0.3) is 0 Å². The summed E-state index contributed by atoms with van der Waals surface area (Å²) in [6, 6.07) is 4.99. The van der Waals surface area contributed by atoms with Crippen molar-refractivity contribution in [3.8, 4) is 0 Å². The predicted molar refractivity (Wildman–Crippen MR) is 70.1 cm³/mol. The number of carbonyl (C=O) groups excluding carboxylic acids is 2. The summed E-state index contributed by atoms with van der Waals surface area (Å²) >= 11 is 9.06. The van der Waals surface area contributed by atoms with Gasteiger partial charge in [0.25, 0.3) is 0 Å². The lowest BCUT2D eigenvalue weighted by Gasteiger charge is -2.09. The van der Waals surface area contributed by atoms with Gasteiger partial charge in [0.05, 0.1) is 18.1 Å². The van der Waals surface area contributed by atoms with Gasteiger partial charge in [0.1, 0.15) is 0 Å². The van der Waals surface area contributed by atoms with Crippen LogP contribution in [-0.2, 0) is 10.1 Å². The number of esters is 1. The van der Waals surface area contributed by atoms with E-state index in [0.717, 1.165) is 5.56 Å². The highest BCUT2D eigenvalue weighted by atomic mass is 79.9. The Balaban J connectivity index is 3.30. The zero-order valence-electron chi connectivity index (χ0n) is 9.50. The lowest BCUT2D eigenvalue weighted by molar-refractivity contribution is 0.0597. The molecular weight excluding hydrogens is 307 g/mol. The van der Waals surface area contributed by atoms with E-state index in [4.69, 9.17) is 11.6 Å². The van der Waals surface area contributed by atoms with E-state index in [-0.39, 0.29) is 11.3 Å². The van der Waals surface area contributed by atoms with Gasteiger partial charge in [-0.3, -0.25) is 4.79 Å². The molecule has 5 heteroatoms. The van der Waals surface area contributed by atoms with Crippen molar-refractivity contribution >= 4 is 39.3 Å². The Labute approximate surface area is 113 Å². The number of alkyl halides is 2. The first kappa shape index (κ1) is 14.2. The number of halogens is 2. The lowest BCUT2D eigenvalue weighted by Crippen LogP contribution is -2.16. The molecule has 1 aromatic rings. The smallest absolute Gasteiger partial charge is 0.338 e. The molecule has 0 aliphatic heterocycles. The van der Waals surface area contributed by atoms with E-state index in [2.05, 4.69) is 20.7 Å². The first-order valence-corrected chi connectivity index (χ1v) is 6.52. The summed E-state index contributed by atoms with van der Waals surface area (Å²) in [6.07, 6.45) is 0. The summed E-state index contributed by atoms with van der Waals surface area (Å²) in [7, 11) is 1.28. The molecule has 0 amide bonds. The molecule has 0 radical (unpaired) electrons. The Morgan fingerprint density at radius 3 is 2.53 bits per heavy atom. The Morgan fingerprint density at radius 1 is 1.41 bits per heavy atom. The molecule has 1 atom stereocenters. The van der Waals surface area contributed by atoms with Gasteiger partial charge in [-0.05, 0) is 24.6 Å². The Kier molecular flexibility index (Phi) is 5.15. The van der Waals surface area contributed by atoms with Crippen LogP contribution in [0.4, 0.5) is 0 Å². The molecule has 0 N–H and O–H groups in total. The number of carbonyl (C=O) groups is 2. The Hall–Kier alpha value is -0.870. The molecule has 0 spiro atoms. The standard InChI is InChI=1S/C12H12BrClO3/c1-7(14)11(15)10-5-8(6-13)3-4-9(10)12(16)17-2/h3-5,7H,6H2,1-2H3. The highest BCUT2D eigenvalue weighted by Crippen LogP contribution is 2.18. The molecule has 1 rings (SSSR count). The molecule has 1 aromatic carbocycles. The number of hydrogen-bond acceptors (Lipinski definition) is 3. The molecule has 0 aliphatic carbocycles. The first-order valence-electron chi connectivity index (χ1n) is 4.96. The number of Topliss-reactive ketones (excluding diaryl/α,β-unsaturated/α-hetero) is 1. The topological polar surface area (TPSA) is 43.4 Å². The number of methoxy groups -OCH3 is 1. The van der Waals surface area contributed by atoms with Crippen molar-refractivity contribution in [3.05, 3.63) is 34.9 Å². The summed E-state index contributed by atoms with van der Waals surface area (Å²) in [5.41, 5.74) is 1.45. The fourth-order valence-electron chi connectivity index (χ4n) is 1.38. The first-order chi connectivity index (χ1) is 8.01. The van der Waals surface area contributed by atoms with Gasteiger partial charge < -0.3 is 4.74 Å². The zero-order valence-corrected chi connectivity index (χ0v) is 11.8. The summed E-state index contributed by atoms with van der Waals surface area (Å²) in [4.78, 5) is 23.4. The number of ether oxygens (including phenoxy) is 1. The van der Waals surface area contributed by atoms with Gasteiger partial charge in [0.15, 0.2) is 5.78 Å². The van der Waals surface area contributed by atoms with E-state index in [9.17, 15) is 9.59 Å². The largest absolute Gasteiger partial charge is 0.465 e. The molecule has 0 aliphatic rings. The van der Waals surface area contributed by atoms with Crippen LogP contribution in [-0.4, -0.2) is 24.2 Å². The summed E-state index contributed by atoms with van der Waals surface area (Å²) in [5, 5.41) is -0.0743. The molecule has 0 heterocycles. The van der Waals surface area contributed by atoms with E-state index < -0.39 is 11.3 Å². The van der Waals surface area contributed by atoms with Gasteiger partial charge in [-0.25, -0.2) is 4.79 Å². The molecule has 1 unspecified atom stereocenters. The lowest BCUT2D eigenvalue weighted by atomic mass is 9.99. The minimum Gasteiger partial charge on any atom is -0.465 e. The third-order valence-electron chi connectivity index (χ3n) is 2.27. The van der Waals surface area contributed by atoms with E-state index in [1.54, 1.807) is 25.1 Å². The molecule has 0 saturated carbocycles. The maximum Gasteiger partial charge on any atom is 0.338 e. The van der Waals surface area contributed by atoms with Crippen molar-refractivity contribution in [1.82, 2.24) is 0 Å². The van der Waals surface area contributed by atoms with Gasteiger partial charge in [0.2, 0.25) is 0 Å². The number of rotatable bonds is 4. The third-order valence-corrected chi connectivity index (χ3v) is 3.12. The number of ketones is 1. The van der Waals surface area contributed by atoms with E-state index in [0.29, 0.717) is 10.9 Å². The predicted octanol–water partition coefficient (Wildman–Crippen LogP) is 3.18. The highest BCUT2D eigenvalue weighted by molar-refractivity contribution is 9.08. The van der Waals surface area contributed by atoms with Crippen molar-refractivity contribution in [3.63, 3.8) is 0 Å². The fraction of sp³-hybridized carbons (Fsp3) is 0.333. The molecule has 0 aromatic heterocycles. The SMILES string of the molecule is COC(=O)c1ccc(CBr)cc1C(=O)C(C)Cl. The molecule has 0 fully saturated rings. The minimum atomic E-state index is -0.677. The van der Waals surface area contributed by atoms with E-state index >= 15 is 0 Å². The van der Waals surface area contributed by atoms with Crippen molar-refractivity contribution in [2.24, 2.45) is 0 Å².